The molecule has 0 saturated carbocycles. The fraction of sp³-hybridized carbons (Fsp3) is 0.300. The van der Waals surface area contributed by atoms with Gasteiger partial charge in [-0.25, -0.2) is 0 Å². The van der Waals surface area contributed by atoms with Gasteiger partial charge in [0.15, 0.2) is 0 Å². The predicted molar refractivity (Wildman–Crippen MR) is 99.6 cm³/mol. The molecule has 2 amide bonds. The lowest BCUT2D eigenvalue weighted by atomic mass is 10.1. The number of benzene rings is 2. The number of hydrazine groups is 1. The molecular formula is C20H20F3N3O2. The second-order valence-corrected chi connectivity index (χ2v) is 6.78. The van der Waals surface area contributed by atoms with Gasteiger partial charge in [0.1, 0.15) is 0 Å². The van der Waals surface area contributed by atoms with Crippen LogP contribution in [0.1, 0.15) is 23.1 Å². The van der Waals surface area contributed by atoms with E-state index in [2.05, 4.69) is 10.9 Å². The molecule has 1 heterocycles. The third-order valence-corrected chi connectivity index (χ3v) is 4.92. The zero-order valence-corrected chi connectivity index (χ0v) is 15.4. The molecule has 8 heteroatoms. The van der Waals surface area contributed by atoms with Crippen LogP contribution in [0.5, 0.6) is 0 Å². The predicted octanol–water partition coefficient (Wildman–Crippen LogP) is 3.82. The van der Waals surface area contributed by atoms with Gasteiger partial charge < -0.3 is 4.90 Å². The van der Waals surface area contributed by atoms with Crippen molar-refractivity contribution in [3.63, 3.8) is 0 Å². The maximum atomic E-state index is 13.0. The summed E-state index contributed by atoms with van der Waals surface area (Å²) in [6, 6.07) is 10.5. The Morgan fingerprint density at radius 1 is 1.11 bits per heavy atom. The van der Waals surface area contributed by atoms with Crippen molar-refractivity contribution in [3.05, 3.63) is 59.2 Å². The van der Waals surface area contributed by atoms with Crippen molar-refractivity contribution in [1.82, 2.24) is 5.43 Å². The highest BCUT2D eigenvalue weighted by Crippen LogP contribution is 2.34. The molecule has 0 aliphatic carbocycles. The van der Waals surface area contributed by atoms with Crippen LogP contribution in [0, 0.1) is 19.8 Å². The van der Waals surface area contributed by atoms with E-state index in [1.807, 2.05) is 32.0 Å². The van der Waals surface area contributed by atoms with E-state index in [-0.39, 0.29) is 24.6 Å². The van der Waals surface area contributed by atoms with Gasteiger partial charge >= 0.3 is 6.18 Å². The number of hydrogen-bond acceptors (Lipinski definition) is 3. The Bertz CT molecular complexity index is 912. The van der Waals surface area contributed by atoms with E-state index < -0.39 is 23.6 Å². The first kappa shape index (κ1) is 19.7. The Morgan fingerprint density at radius 2 is 1.82 bits per heavy atom. The topological polar surface area (TPSA) is 61.4 Å². The van der Waals surface area contributed by atoms with Crippen LogP contribution in [0.25, 0.3) is 0 Å². The van der Waals surface area contributed by atoms with Gasteiger partial charge in [-0.15, -0.1) is 0 Å². The van der Waals surface area contributed by atoms with E-state index in [0.29, 0.717) is 0 Å². The van der Waals surface area contributed by atoms with E-state index in [9.17, 15) is 22.8 Å². The number of nitrogens with zero attached hydrogens (tertiary/aromatic N) is 1. The SMILES string of the molecule is Cc1cccc(N2CC(C(=O)NNc3ccccc3C(F)(F)F)CC2=O)c1C. The van der Waals surface area contributed by atoms with Crippen molar-refractivity contribution >= 4 is 23.2 Å². The molecule has 0 radical (unpaired) electrons. The molecule has 148 valence electrons. The molecule has 28 heavy (non-hydrogen) atoms. The number of anilines is 2. The Balaban J connectivity index is 1.69. The largest absolute Gasteiger partial charge is 0.418 e. The van der Waals surface area contributed by atoms with Crippen LogP contribution >= 0.6 is 0 Å². The quantitative estimate of drug-likeness (QED) is 0.779. The van der Waals surface area contributed by atoms with Gasteiger partial charge in [-0.1, -0.05) is 24.3 Å². The standard InChI is InChI=1S/C20H20F3N3O2/c1-12-6-5-9-17(13(12)2)26-11-14(10-18(26)27)19(28)25-24-16-8-4-3-7-15(16)20(21,22)23/h3-9,14,24H,10-11H2,1-2H3,(H,25,28). The molecule has 1 fully saturated rings. The molecule has 1 aliphatic rings. The van der Waals surface area contributed by atoms with E-state index in [1.165, 1.54) is 18.2 Å². The molecule has 5 nitrogen and oxygen atoms in total. The highest BCUT2D eigenvalue weighted by atomic mass is 19.4. The van der Waals surface area contributed by atoms with Gasteiger partial charge in [0.2, 0.25) is 11.8 Å². The number of amides is 2. The summed E-state index contributed by atoms with van der Waals surface area (Å²) >= 11 is 0. The van der Waals surface area contributed by atoms with Gasteiger partial charge in [-0.3, -0.25) is 20.4 Å². The molecule has 2 N–H and O–H groups in total. The normalized spacial score (nSPS) is 17.0. The van der Waals surface area contributed by atoms with Crippen LogP contribution in [-0.2, 0) is 15.8 Å². The minimum Gasteiger partial charge on any atom is -0.311 e. The summed E-state index contributed by atoms with van der Waals surface area (Å²) in [5.74, 6) is -1.37. The summed E-state index contributed by atoms with van der Waals surface area (Å²) < 4.78 is 39.1. The van der Waals surface area contributed by atoms with Crippen molar-refractivity contribution in [2.75, 3.05) is 16.9 Å². The average Bonchev–Trinajstić information content (AvgIpc) is 3.03. The number of nitrogens with one attached hydrogen (secondary N) is 2. The fourth-order valence-electron chi connectivity index (χ4n) is 3.21. The van der Waals surface area contributed by atoms with Crippen LogP contribution in [0.15, 0.2) is 42.5 Å². The first-order chi connectivity index (χ1) is 13.2. The molecule has 3 rings (SSSR count). The smallest absolute Gasteiger partial charge is 0.311 e. The number of carbonyl (C=O) groups is 2. The molecule has 2 aromatic rings. The Morgan fingerprint density at radius 3 is 2.54 bits per heavy atom. The third-order valence-electron chi connectivity index (χ3n) is 4.92. The monoisotopic (exact) mass is 391 g/mol. The van der Waals surface area contributed by atoms with E-state index in [1.54, 1.807) is 4.90 Å². The van der Waals surface area contributed by atoms with Crippen LogP contribution in [0.4, 0.5) is 24.5 Å². The average molecular weight is 391 g/mol. The zero-order chi connectivity index (χ0) is 20.5. The van der Waals surface area contributed by atoms with Gasteiger partial charge in [0.25, 0.3) is 0 Å². The first-order valence-corrected chi connectivity index (χ1v) is 8.77. The Hall–Kier alpha value is -3.03. The Labute approximate surface area is 160 Å². The highest BCUT2D eigenvalue weighted by Gasteiger charge is 2.36. The molecule has 2 aromatic carbocycles. The molecule has 0 bridgehead atoms. The molecule has 1 atom stereocenters. The number of hydrogen-bond donors (Lipinski definition) is 2. The lowest BCUT2D eigenvalue weighted by Crippen LogP contribution is -2.37. The van der Waals surface area contributed by atoms with E-state index in [4.69, 9.17) is 0 Å². The van der Waals surface area contributed by atoms with E-state index >= 15 is 0 Å². The fourth-order valence-corrected chi connectivity index (χ4v) is 3.21. The zero-order valence-electron chi connectivity index (χ0n) is 15.4. The summed E-state index contributed by atoms with van der Waals surface area (Å²) in [6.45, 7) is 4.02. The van der Waals surface area contributed by atoms with Crippen molar-refractivity contribution in [2.45, 2.75) is 26.4 Å². The molecule has 1 aliphatic heterocycles. The first-order valence-electron chi connectivity index (χ1n) is 8.77. The van der Waals surface area contributed by atoms with Gasteiger partial charge in [-0.2, -0.15) is 13.2 Å². The number of carbonyl (C=O) groups excluding carboxylic acids is 2. The second-order valence-electron chi connectivity index (χ2n) is 6.78. The van der Waals surface area contributed by atoms with E-state index in [0.717, 1.165) is 22.9 Å². The summed E-state index contributed by atoms with van der Waals surface area (Å²) in [6.07, 6.45) is -4.54. The van der Waals surface area contributed by atoms with Crippen molar-refractivity contribution in [3.8, 4) is 0 Å². The molecule has 1 unspecified atom stereocenters. The number of para-hydroxylation sites is 1. The second kappa shape index (κ2) is 7.53. The van der Waals surface area contributed by atoms with Gasteiger partial charge in [-0.05, 0) is 43.2 Å². The lowest BCUT2D eigenvalue weighted by molar-refractivity contribution is -0.137. The minimum absolute atomic E-state index is 0.00180. The lowest BCUT2D eigenvalue weighted by Gasteiger charge is -2.20. The van der Waals surface area contributed by atoms with Crippen molar-refractivity contribution < 1.29 is 22.8 Å². The number of halogens is 3. The van der Waals surface area contributed by atoms with Crippen molar-refractivity contribution in [1.29, 1.82) is 0 Å². The molecule has 1 saturated heterocycles. The minimum atomic E-state index is -4.54. The highest BCUT2D eigenvalue weighted by molar-refractivity contribution is 6.01. The molecular weight excluding hydrogens is 371 g/mol. The maximum absolute atomic E-state index is 13.0. The Kier molecular flexibility index (Phi) is 5.31. The van der Waals surface area contributed by atoms with Gasteiger partial charge in [0.05, 0.1) is 17.2 Å². The maximum Gasteiger partial charge on any atom is 0.418 e. The van der Waals surface area contributed by atoms with Crippen LogP contribution in [-0.4, -0.2) is 18.4 Å². The number of rotatable bonds is 4. The number of alkyl halides is 3. The van der Waals surface area contributed by atoms with Crippen LogP contribution < -0.4 is 15.8 Å². The number of aryl methyl sites for hydroxylation is 1. The molecule has 0 spiro atoms. The van der Waals surface area contributed by atoms with Crippen LogP contribution in [0.3, 0.4) is 0 Å². The summed E-state index contributed by atoms with van der Waals surface area (Å²) in [5.41, 5.74) is 6.24. The van der Waals surface area contributed by atoms with Gasteiger partial charge in [0, 0.05) is 18.7 Å². The molecule has 0 aromatic heterocycles. The van der Waals surface area contributed by atoms with Crippen LogP contribution in [0.2, 0.25) is 0 Å². The summed E-state index contributed by atoms with van der Waals surface area (Å²) in [4.78, 5) is 26.4. The summed E-state index contributed by atoms with van der Waals surface area (Å²) in [5, 5.41) is 0. The summed E-state index contributed by atoms with van der Waals surface area (Å²) in [7, 11) is 0. The van der Waals surface area contributed by atoms with Crippen molar-refractivity contribution in [2.24, 2.45) is 5.92 Å². The third kappa shape index (κ3) is 3.95.